The number of fused-ring (bicyclic) bond motifs is 1. The second kappa shape index (κ2) is 8.08. The Labute approximate surface area is 152 Å². The monoisotopic (exact) mass is 351 g/mol. The predicted octanol–water partition coefficient (Wildman–Crippen LogP) is 5.36. The number of hydrogen-bond donors (Lipinski definition) is 1. The molecule has 1 atom stereocenters. The SMILES string of the molecule is CC[C@@H](Oc1cccc2ccccc12)C(=O)Nc1cccc(SC)c1. The summed E-state index contributed by atoms with van der Waals surface area (Å²) < 4.78 is 6.05. The van der Waals surface area contributed by atoms with E-state index in [4.69, 9.17) is 4.74 Å². The molecule has 0 radical (unpaired) electrons. The molecular weight excluding hydrogens is 330 g/mol. The molecule has 0 bridgehead atoms. The number of ether oxygens (including phenoxy) is 1. The smallest absolute Gasteiger partial charge is 0.265 e. The van der Waals surface area contributed by atoms with Gasteiger partial charge in [0.1, 0.15) is 5.75 Å². The molecule has 0 aliphatic carbocycles. The zero-order chi connectivity index (χ0) is 17.6. The number of thioether (sulfide) groups is 1. The Kier molecular flexibility index (Phi) is 5.61. The number of carbonyl (C=O) groups is 1. The van der Waals surface area contributed by atoms with Crippen molar-refractivity contribution in [1.29, 1.82) is 0 Å². The molecule has 128 valence electrons. The summed E-state index contributed by atoms with van der Waals surface area (Å²) in [4.78, 5) is 13.8. The summed E-state index contributed by atoms with van der Waals surface area (Å²) in [5.41, 5.74) is 0.789. The molecule has 0 aliphatic heterocycles. The highest BCUT2D eigenvalue weighted by Gasteiger charge is 2.19. The predicted molar refractivity (Wildman–Crippen MR) is 106 cm³/mol. The lowest BCUT2D eigenvalue weighted by Gasteiger charge is -2.18. The summed E-state index contributed by atoms with van der Waals surface area (Å²) in [5, 5.41) is 5.07. The van der Waals surface area contributed by atoms with Gasteiger partial charge in [-0.3, -0.25) is 4.79 Å². The number of hydrogen-bond acceptors (Lipinski definition) is 3. The highest BCUT2D eigenvalue weighted by atomic mass is 32.2. The fraction of sp³-hybridized carbons (Fsp3) is 0.190. The molecule has 4 heteroatoms. The fourth-order valence-electron chi connectivity index (χ4n) is 2.70. The van der Waals surface area contributed by atoms with E-state index in [-0.39, 0.29) is 5.91 Å². The maximum atomic E-state index is 12.6. The van der Waals surface area contributed by atoms with E-state index >= 15 is 0 Å². The van der Waals surface area contributed by atoms with Gasteiger partial charge in [0.05, 0.1) is 0 Å². The van der Waals surface area contributed by atoms with Gasteiger partial charge >= 0.3 is 0 Å². The third-order valence-electron chi connectivity index (χ3n) is 4.02. The molecule has 3 aromatic rings. The zero-order valence-corrected chi connectivity index (χ0v) is 15.2. The maximum absolute atomic E-state index is 12.6. The number of carbonyl (C=O) groups excluding carboxylic acids is 1. The average molecular weight is 351 g/mol. The summed E-state index contributed by atoms with van der Waals surface area (Å²) >= 11 is 1.65. The number of nitrogens with one attached hydrogen (secondary N) is 1. The van der Waals surface area contributed by atoms with Crippen LogP contribution in [0.15, 0.2) is 71.6 Å². The lowest BCUT2D eigenvalue weighted by Crippen LogP contribution is -2.32. The van der Waals surface area contributed by atoms with Gasteiger partial charge in [0.15, 0.2) is 6.10 Å². The van der Waals surface area contributed by atoms with Gasteiger partial charge < -0.3 is 10.1 Å². The minimum absolute atomic E-state index is 0.131. The zero-order valence-electron chi connectivity index (χ0n) is 14.4. The summed E-state index contributed by atoms with van der Waals surface area (Å²) in [6, 6.07) is 21.7. The summed E-state index contributed by atoms with van der Waals surface area (Å²) in [6.07, 6.45) is 2.07. The van der Waals surface area contributed by atoms with Crippen molar-refractivity contribution >= 4 is 34.1 Å². The molecule has 1 amide bonds. The van der Waals surface area contributed by atoms with Gasteiger partial charge in [0.25, 0.3) is 5.91 Å². The molecule has 0 unspecified atom stereocenters. The first-order chi connectivity index (χ1) is 12.2. The van der Waals surface area contributed by atoms with Crippen molar-refractivity contribution in [1.82, 2.24) is 0 Å². The van der Waals surface area contributed by atoms with Gasteiger partial charge in [-0.1, -0.05) is 49.4 Å². The quantitative estimate of drug-likeness (QED) is 0.608. The van der Waals surface area contributed by atoms with Crippen molar-refractivity contribution in [2.75, 3.05) is 11.6 Å². The van der Waals surface area contributed by atoms with E-state index < -0.39 is 6.10 Å². The molecule has 0 spiro atoms. The third kappa shape index (κ3) is 4.15. The van der Waals surface area contributed by atoms with Crippen molar-refractivity contribution in [2.24, 2.45) is 0 Å². The lowest BCUT2D eigenvalue weighted by atomic mass is 10.1. The Hall–Kier alpha value is -2.46. The number of rotatable bonds is 6. The molecule has 0 fully saturated rings. The van der Waals surface area contributed by atoms with Crippen LogP contribution in [-0.4, -0.2) is 18.3 Å². The first-order valence-electron chi connectivity index (χ1n) is 8.30. The van der Waals surface area contributed by atoms with Crippen LogP contribution in [0.1, 0.15) is 13.3 Å². The first-order valence-corrected chi connectivity index (χ1v) is 9.53. The van der Waals surface area contributed by atoms with Crippen LogP contribution < -0.4 is 10.1 Å². The van der Waals surface area contributed by atoms with Gasteiger partial charge in [-0.25, -0.2) is 0 Å². The number of anilines is 1. The lowest BCUT2D eigenvalue weighted by molar-refractivity contribution is -0.122. The van der Waals surface area contributed by atoms with E-state index in [9.17, 15) is 4.79 Å². The van der Waals surface area contributed by atoms with Crippen molar-refractivity contribution < 1.29 is 9.53 Å². The fourth-order valence-corrected chi connectivity index (χ4v) is 3.16. The van der Waals surface area contributed by atoms with E-state index in [1.165, 1.54) is 0 Å². The summed E-state index contributed by atoms with van der Waals surface area (Å²) in [7, 11) is 0. The Balaban J connectivity index is 1.78. The first kappa shape index (κ1) is 17.4. The molecular formula is C21H21NO2S. The number of benzene rings is 3. The topological polar surface area (TPSA) is 38.3 Å². The standard InChI is InChI=1S/C21H21NO2S/c1-3-19(21(23)22-16-10-7-11-17(14-16)25-2)24-20-13-6-9-15-8-4-5-12-18(15)20/h4-14,19H,3H2,1-2H3,(H,22,23)/t19-/m1/s1. The Bertz CT molecular complexity index is 873. The highest BCUT2D eigenvalue weighted by molar-refractivity contribution is 7.98. The van der Waals surface area contributed by atoms with Crippen LogP contribution in [0.4, 0.5) is 5.69 Å². The van der Waals surface area contributed by atoms with E-state index in [1.807, 2.05) is 79.9 Å². The second-order valence-electron chi connectivity index (χ2n) is 5.71. The highest BCUT2D eigenvalue weighted by Crippen LogP contribution is 2.27. The normalized spacial score (nSPS) is 11.9. The molecule has 0 aromatic heterocycles. The van der Waals surface area contributed by atoms with Crippen LogP contribution in [0.2, 0.25) is 0 Å². The van der Waals surface area contributed by atoms with Crippen molar-refractivity contribution in [3.05, 3.63) is 66.7 Å². The van der Waals surface area contributed by atoms with Crippen LogP contribution in [0.25, 0.3) is 10.8 Å². The molecule has 3 rings (SSSR count). The molecule has 25 heavy (non-hydrogen) atoms. The van der Waals surface area contributed by atoms with E-state index in [2.05, 4.69) is 5.32 Å². The minimum atomic E-state index is -0.538. The van der Waals surface area contributed by atoms with Crippen LogP contribution in [0.5, 0.6) is 5.75 Å². The molecule has 1 N–H and O–H groups in total. The Morgan fingerprint density at radius 1 is 1.08 bits per heavy atom. The second-order valence-corrected chi connectivity index (χ2v) is 6.59. The van der Waals surface area contributed by atoms with Gasteiger partial charge in [-0.15, -0.1) is 11.8 Å². The van der Waals surface area contributed by atoms with Gasteiger partial charge in [-0.2, -0.15) is 0 Å². The molecule has 0 heterocycles. The third-order valence-corrected chi connectivity index (χ3v) is 4.74. The summed E-state index contributed by atoms with van der Waals surface area (Å²) in [6.45, 7) is 1.95. The van der Waals surface area contributed by atoms with Crippen molar-refractivity contribution in [3.8, 4) is 5.75 Å². The van der Waals surface area contributed by atoms with Crippen LogP contribution in [-0.2, 0) is 4.79 Å². The van der Waals surface area contributed by atoms with E-state index in [0.29, 0.717) is 6.42 Å². The molecule has 0 saturated heterocycles. The van der Waals surface area contributed by atoms with Gasteiger partial charge in [0, 0.05) is 16.0 Å². The number of amides is 1. The van der Waals surface area contributed by atoms with Crippen LogP contribution in [0.3, 0.4) is 0 Å². The van der Waals surface area contributed by atoms with Gasteiger partial charge in [-0.05, 0) is 42.3 Å². The molecule has 0 saturated carbocycles. The van der Waals surface area contributed by atoms with Crippen LogP contribution >= 0.6 is 11.8 Å². The Morgan fingerprint density at radius 3 is 2.64 bits per heavy atom. The van der Waals surface area contributed by atoms with Crippen LogP contribution in [0, 0.1) is 0 Å². The summed E-state index contributed by atoms with van der Waals surface area (Å²) in [5.74, 6) is 0.603. The molecule has 0 aliphatic rings. The molecule has 3 aromatic carbocycles. The van der Waals surface area contributed by atoms with Crippen molar-refractivity contribution in [3.63, 3.8) is 0 Å². The maximum Gasteiger partial charge on any atom is 0.265 e. The van der Waals surface area contributed by atoms with E-state index in [0.717, 1.165) is 27.1 Å². The Morgan fingerprint density at radius 2 is 1.84 bits per heavy atom. The largest absolute Gasteiger partial charge is 0.480 e. The van der Waals surface area contributed by atoms with Crippen molar-refractivity contribution in [2.45, 2.75) is 24.3 Å². The molecule has 3 nitrogen and oxygen atoms in total. The van der Waals surface area contributed by atoms with Gasteiger partial charge in [0.2, 0.25) is 0 Å². The van der Waals surface area contributed by atoms with E-state index in [1.54, 1.807) is 11.8 Å². The average Bonchev–Trinajstić information content (AvgIpc) is 2.66. The minimum Gasteiger partial charge on any atom is -0.480 e.